The predicted octanol–water partition coefficient (Wildman–Crippen LogP) is 5.22. The molecule has 0 atom stereocenters. The number of para-hydroxylation sites is 2. The van der Waals surface area contributed by atoms with Crippen LogP contribution >= 0.6 is 27.7 Å². The van der Waals surface area contributed by atoms with Crippen LogP contribution in [0.4, 0.5) is 0 Å². The minimum absolute atomic E-state index is 0.111. The van der Waals surface area contributed by atoms with Crippen molar-refractivity contribution in [3.05, 3.63) is 46.4 Å². The number of oxazole rings is 1. The average molecular weight is 466 g/mol. The largest absolute Gasteiger partial charge is 0.490 e. The monoisotopic (exact) mass is 465 g/mol. The van der Waals surface area contributed by atoms with E-state index in [1.807, 2.05) is 50.2 Å². The summed E-state index contributed by atoms with van der Waals surface area (Å²) in [5.74, 6) is 1.03. The second kappa shape index (κ2) is 9.84. The molecule has 28 heavy (non-hydrogen) atoms. The molecule has 8 heteroatoms. The number of aromatic nitrogens is 1. The lowest BCUT2D eigenvalue weighted by Gasteiger charge is -2.14. The number of carbonyl (C=O) groups excluding carboxylic acids is 1. The zero-order valence-electron chi connectivity index (χ0n) is 15.6. The van der Waals surface area contributed by atoms with Gasteiger partial charge in [0.2, 0.25) is 0 Å². The molecule has 3 aromatic rings. The Balaban J connectivity index is 1.58. The summed E-state index contributed by atoms with van der Waals surface area (Å²) in [5, 5.41) is 0.444. The van der Waals surface area contributed by atoms with Gasteiger partial charge in [-0.1, -0.05) is 39.8 Å². The molecule has 0 aliphatic carbocycles. The van der Waals surface area contributed by atoms with Crippen molar-refractivity contribution < 1.29 is 23.4 Å². The van der Waals surface area contributed by atoms with Crippen LogP contribution in [-0.4, -0.2) is 29.9 Å². The lowest BCUT2D eigenvalue weighted by atomic mass is 10.2. The quantitative estimate of drug-likeness (QED) is 0.316. The second-order valence-corrected chi connectivity index (χ2v) is 7.43. The number of ether oxygens (including phenoxy) is 3. The number of halogens is 1. The summed E-state index contributed by atoms with van der Waals surface area (Å²) in [7, 11) is 0. The van der Waals surface area contributed by atoms with E-state index >= 15 is 0 Å². The van der Waals surface area contributed by atoms with Crippen molar-refractivity contribution >= 4 is 44.8 Å². The summed E-state index contributed by atoms with van der Waals surface area (Å²) in [6.07, 6.45) is 0. The summed E-state index contributed by atoms with van der Waals surface area (Å²) in [5.41, 5.74) is 2.26. The van der Waals surface area contributed by atoms with E-state index < -0.39 is 0 Å². The molecule has 0 spiro atoms. The van der Waals surface area contributed by atoms with Crippen LogP contribution in [0.25, 0.3) is 11.1 Å². The van der Waals surface area contributed by atoms with Gasteiger partial charge in [0.05, 0.1) is 13.2 Å². The topological polar surface area (TPSA) is 70.8 Å². The standard InChI is InChI=1S/C20H20BrNO5S/c1-3-24-17-9-13(14(21)10-18(17)25-4-2)11-26-19(23)12-28-20-22-15-7-5-6-8-16(15)27-20/h5-10H,3-4,11-12H2,1-2H3. The maximum absolute atomic E-state index is 12.1. The first-order valence-corrected chi connectivity index (χ1v) is 10.6. The Morgan fingerprint density at radius 1 is 1.14 bits per heavy atom. The van der Waals surface area contributed by atoms with E-state index in [-0.39, 0.29) is 18.3 Å². The fraction of sp³-hybridized carbons (Fsp3) is 0.300. The van der Waals surface area contributed by atoms with E-state index in [4.69, 9.17) is 18.6 Å². The van der Waals surface area contributed by atoms with Gasteiger partial charge in [-0.15, -0.1) is 0 Å². The molecule has 0 fully saturated rings. The first kappa shape index (κ1) is 20.5. The molecule has 1 aromatic heterocycles. The highest BCUT2D eigenvalue weighted by Crippen LogP contribution is 2.34. The average Bonchev–Trinajstić information content (AvgIpc) is 3.10. The van der Waals surface area contributed by atoms with Gasteiger partial charge in [0.1, 0.15) is 17.9 Å². The Labute approximate surface area is 175 Å². The van der Waals surface area contributed by atoms with Crippen LogP contribution in [0.15, 0.2) is 50.5 Å². The number of hydrogen-bond acceptors (Lipinski definition) is 7. The smallest absolute Gasteiger partial charge is 0.316 e. The number of carbonyl (C=O) groups is 1. The Morgan fingerprint density at radius 3 is 2.57 bits per heavy atom. The number of benzene rings is 2. The highest BCUT2D eigenvalue weighted by Gasteiger charge is 2.14. The Hall–Kier alpha value is -2.19. The maximum atomic E-state index is 12.1. The molecule has 2 aromatic carbocycles. The molecule has 0 unspecified atom stereocenters. The molecular formula is C20H20BrNO5S. The third kappa shape index (κ3) is 5.20. The SMILES string of the molecule is CCOc1cc(Br)c(COC(=O)CSc2nc3ccccc3o2)cc1OCC. The molecule has 0 amide bonds. The normalized spacial score (nSPS) is 10.8. The van der Waals surface area contributed by atoms with Gasteiger partial charge in [-0.25, -0.2) is 4.98 Å². The number of thioether (sulfide) groups is 1. The van der Waals surface area contributed by atoms with Crippen LogP contribution in [-0.2, 0) is 16.1 Å². The molecular weight excluding hydrogens is 446 g/mol. The summed E-state index contributed by atoms with van der Waals surface area (Å²) in [6.45, 7) is 4.99. The molecule has 0 bridgehead atoms. The van der Waals surface area contributed by atoms with Gasteiger partial charge in [0.15, 0.2) is 17.1 Å². The predicted molar refractivity (Wildman–Crippen MR) is 111 cm³/mol. The van der Waals surface area contributed by atoms with Crippen LogP contribution in [0, 0.1) is 0 Å². The van der Waals surface area contributed by atoms with Gasteiger partial charge in [-0.2, -0.15) is 0 Å². The van der Waals surface area contributed by atoms with Crippen LogP contribution in [0.1, 0.15) is 19.4 Å². The third-order valence-corrected chi connectivity index (χ3v) is 5.23. The Morgan fingerprint density at radius 2 is 1.86 bits per heavy atom. The lowest BCUT2D eigenvalue weighted by molar-refractivity contribution is -0.141. The molecule has 0 aliphatic heterocycles. The third-order valence-electron chi connectivity index (χ3n) is 3.69. The van der Waals surface area contributed by atoms with E-state index in [0.29, 0.717) is 35.5 Å². The van der Waals surface area contributed by atoms with Crippen molar-refractivity contribution in [3.63, 3.8) is 0 Å². The summed E-state index contributed by atoms with van der Waals surface area (Å²) in [6, 6.07) is 11.1. The lowest BCUT2D eigenvalue weighted by Crippen LogP contribution is -2.08. The highest BCUT2D eigenvalue weighted by atomic mass is 79.9. The maximum Gasteiger partial charge on any atom is 0.316 e. The van der Waals surface area contributed by atoms with E-state index in [9.17, 15) is 4.79 Å². The van der Waals surface area contributed by atoms with Gasteiger partial charge in [-0.3, -0.25) is 4.79 Å². The molecule has 0 saturated carbocycles. The Kier molecular flexibility index (Phi) is 7.22. The van der Waals surface area contributed by atoms with Gasteiger partial charge in [-0.05, 0) is 38.1 Å². The molecule has 148 valence electrons. The van der Waals surface area contributed by atoms with Crippen molar-refractivity contribution in [2.45, 2.75) is 25.7 Å². The first-order chi connectivity index (χ1) is 13.6. The van der Waals surface area contributed by atoms with E-state index in [2.05, 4.69) is 20.9 Å². The van der Waals surface area contributed by atoms with Gasteiger partial charge in [0.25, 0.3) is 5.22 Å². The van der Waals surface area contributed by atoms with Crippen LogP contribution in [0.3, 0.4) is 0 Å². The molecule has 3 rings (SSSR count). The fourth-order valence-corrected chi connectivity index (χ4v) is 3.53. The van der Waals surface area contributed by atoms with Crippen LogP contribution in [0.2, 0.25) is 0 Å². The number of fused-ring (bicyclic) bond motifs is 1. The van der Waals surface area contributed by atoms with Crippen molar-refractivity contribution in [2.24, 2.45) is 0 Å². The van der Waals surface area contributed by atoms with E-state index in [1.165, 1.54) is 11.8 Å². The van der Waals surface area contributed by atoms with Gasteiger partial charge >= 0.3 is 5.97 Å². The first-order valence-electron chi connectivity index (χ1n) is 8.82. The summed E-state index contributed by atoms with van der Waals surface area (Å²) in [4.78, 5) is 16.4. The number of esters is 1. The molecule has 1 heterocycles. The zero-order chi connectivity index (χ0) is 19.9. The van der Waals surface area contributed by atoms with Crippen LogP contribution in [0.5, 0.6) is 11.5 Å². The summed E-state index contributed by atoms with van der Waals surface area (Å²) >= 11 is 4.70. The molecule has 0 aliphatic rings. The minimum atomic E-state index is -0.356. The van der Waals surface area contributed by atoms with Crippen molar-refractivity contribution in [1.29, 1.82) is 0 Å². The van der Waals surface area contributed by atoms with E-state index in [0.717, 1.165) is 15.6 Å². The van der Waals surface area contributed by atoms with Crippen LogP contribution < -0.4 is 9.47 Å². The fourth-order valence-electron chi connectivity index (χ4n) is 2.46. The minimum Gasteiger partial charge on any atom is -0.490 e. The zero-order valence-corrected chi connectivity index (χ0v) is 18.0. The van der Waals surface area contributed by atoms with Gasteiger partial charge in [0, 0.05) is 10.0 Å². The van der Waals surface area contributed by atoms with E-state index in [1.54, 1.807) is 0 Å². The van der Waals surface area contributed by atoms with Crippen molar-refractivity contribution in [1.82, 2.24) is 4.98 Å². The molecule has 0 saturated heterocycles. The molecule has 0 radical (unpaired) electrons. The van der Waals surface area contributed by atoms with Gasteiger partial charge < -0.3 is 18.6 Å². The Bertz CT molecular complexity index is 926. The van der Waals surface area contributed by atoms with Crippen molar-refractivity contribution in [3.8, 4) is 11.5 Å². The number of hydrogen-bond donors (Lipinski definition) is 0. The number of nitrogens with zero attached hydrogens (tertiary/aromatic N) is 1. The molecule has 6 nitrogen and oxygen atoms in total. The highest BCUT2D eigenvalue weighted by molar-refractivity contribution is 9.10. The molecule has 0 N–H and O–H groups in total. The summed E-state index contributed by atoms with van der Waals surface area (Å²) < 4.78 is 23.0. The van der Waals surface area contributed by atoms with Crippen molar-refractivity contribution in [2.75, 3.05) is 19.0 Å². The number of rotatable bonds is 9. The second-order valence-electron chi connectivity index (χ2n) is 5.65.